The first-order valence-corrected chi connectivity index (χ1v) is 7.09. The van der Waals surface area contributed by atoms with Gasteiger partial charge in [-0.1, -0.05) is 0 Å². The van der Waals surface area contributed by atoms with E-state index in [1.54, 1.807) is 6.92 Å². The van der Waals surface area contributed by atoms with Crippen molar-refractivity contribution >= 4 is 28.1 Å². The Labute approximate surface area is 124 Å². The second kappa shape index (κ2) is 6.98. The van der Waals surface area contributed by atoms with E-state index in [1.807, 2.05) is 0 Å². The molecular formula is C11H18ClN3O4S. The number of benzene rings is 1. The van der Waals surface area contributed by atoms with Gasteiger partial charge in [0.25, 0.3) is 5.69 Å². The molecule has 1 aromatic rings. The minimum Gasteiger partial charge on any atom is -0.329 e. The average molecular weight is 324 g/mol. The van der Waals surface area contributed by atoms with Crippen molar-refractivity contribution in [3.63, 3.8) is 0 Å². The van der Waals surface area contributed by atoms with Crippen molar-refractivity contribution < 1.29 is 13.3 Å². The summed E-state index contributed by atoms with van der Waals surface area (Å²) < 4.78 is 25.7. The van der Waals surface area contributed by atoms with Crippen molar-refractivity contribution in [3.8, 4) is 0 Å². The van der Waals surface area contributed by atoms with Crippen LogP contribution in [0.4, 0.5) is 5.69 Å². The Morgan fingerprint density at radius 3 is 2.40 bits per heavy atom. The monoisotopic (exact) mass is 323 g/mol. The van der Waals surface area contributed by atoms with E-state index in [9.17, 15) is 18.5 Å². The molecule has 0 aliphatic carbocycles. The fraction of sp³-hybridized carbons (Fsp3) is 0.455. The molecule has 0 radical (unpaired) electrons. The summed E-state index contributed by atoms with van der Waals surface area (Å²) in [6.45, 7) is 3.39. The Balaban J connectivity index is 0.00000361. The topological polar surface area (TPSA) is 107 Å². The van der Waals surface area contributed by atoms with Crippen molar-refractivity contribution in [3.05, 3.63) is 33.9 Å². The summed E-state index contributed by atoms with van der Waals surface area (Å²) in [4.78, 5) is 10.2. The summed E-state index contributed by atoms with van der Waals surface area (Å²) in [6, 6.07) is 3.39. The lowest BCUT2D eigenvalue weighted by Gasteiger charge is -2.23. The quantitative estimate of drug-likeness (QED) is 0.649. The number of nitrogens with zero attached hydrogens (tertiary/aromatic N) is 2. The molecule has 0 fully saturated rings. The van der Waals surface area contributed by atoms with Crippen LogP contribution in [0.2, 0.25) is 0 Å². The Morgan fingerprint density at radius 2 is 2.00 bits per heavy atom. The molecule has 2 N–H and O–H groups in total. The van der Waals surface area contributed by atoms with Crippen LogP contribution < -0.4 is 5.73 Å². The van der Waals surface area contributed by atoms with Gasteiger partial charge in [-0.25, -0.2) is 8.42 Å². The lowest BCUT2D eigenvalue weighted by molar-refractivity contribution is -0.385. The van der Waals surface area contributed by atoms with Crippen LogP contribution in [0.5, 0.6) is 0 Å². The highest BCUT2D eigenvalue weighted by Gasteiger charge is 2.26. The molecule has 1 rings (SSSR count). The second-order valence-electron chi connectivity index (χ2n) is 4.31. The zero-order valence-electron chi connectivity index (χ0n) is 11.4. The molecule has 20 heavy (non-hydrogen) atoms. The number of halogens is 1. The largest absolute Gasteiger partial charge is 0.329 e. The van der Waals surface area contributed by atoms with E-state index < -0.39 is 14.9 Å². The number of likely N-dealkylation sites (N-methyl/N-ethyl adjacent to an activating group) is 1. The van der Waals surface area contributed by atoms with E-state index in [0.717, 1.165) is 4.31 Å². The van der Waals surface area contributed by atoms with E-state index in [4.69, 9.17) is 5.73 Å². The van der Waals surface area contributed by atoms with Gasteiger partial charge in [-0.15, -0.1) is 12.4 Å². The maximum Gasteiger partial charge on any atom is 0.272 e. The van der Waals surface area contributed by atoms with Crippen LogP contribution in [0.25, 0.3) is 0 Å². The summed E-state index contributed by atoms with van der Waals surface area (Å²) in [5, 5.41) is 10.7. The molecule has 0 heterocycles. The molecular weight excluding hydrogens is 306 g/mol. The number of rotatable bonds is 5. The van der Waals surface area contributed by atoms with Gasteiger partial charge in [0, 0.05) is 31.3 Å². The molecule has 0 saturated carbocycles. The predicted molar refractivity (Wildman–Crippen MR) is 78.5 cm³/mol. The van der Waals surface area contributed by atoms with Gasteiger partial charge in [0.05, 0.1) is 9.82 Å². The number of nitro benzene ring substituents is 1. The van der Waals surface area contributed by atoms with Gasteiger partial charge in [-0.2, -0.15) is 4.31 Å². The lowest BCUT2D eigenvalue weighted by atomic mass is 10.2. The maximum atomic E-state index is 12.3. The Bertz CT molecular complexity index is 591. The van der Waals surface area contributed by atoms with Crippen LogP contribution in [0.3, 0.4) is 0 Å². The number of nitro groups is 1. The third kappa shape index (κ3) is 3.66. The third-order valence-electron chi connectivity index (χ3n) is 3.00. The van der Waals surface area contributed by atoms with Crippen LogP contribution in [0.15, 0.2) is 23.1 Å². The zero-order valence-corrected chi connectivity index (χ0v) is 13.1. The van der Waals surface area contributed by atoms with E-state index in [-0.39, 0.29) is 35.6 Å². The lowest BCUT2D eigenvalue weighted by Crippen LogP contribution is -2.39. The second-order valence-corrected chi connectivity index (χ2v) is 6.31. The number of hydrogen-bond acceptors (Lipinski definition) is 5. The zero-order chi connectivity index (χ0) is 14.8. The van der Waals surface area contributed by atoms with Crippen molar-refractivity contribution in [2.75, 3.05) is 13.6 Å². The van der Waals surface area contributed by atoms with Gasteiger partial charge in [0.15, 0.2) is 0 Å². The summed E-state index contributed by atoms with van der Waals surface area (Å²) in [6.07, 6.45) is 0. The molecule has 0 aliphatic rings. The van der Waals surface area contributed by atoms with Gasteiger partial charge < -0.3 is 5.73 Å². The van der Waals surface area contributed by atoms with Gasteiger partial charge in [-0.05, 0) is 26.0 Å². The first kappa shape index (κ1) is 18.8. The highest BCUT2D eigenvalue weighted by Crippen LogP contribution is 2.23. The number of hydrogen-bond donors (Lipinski definition) is 1. The first-order valence-electron chi connectivity index (χ1n) is 5.65. The Hall–Kier alpha value is -1.22. The first-order chi connectivity index (χ1) is 8.71. The molecule has 1 aromatic carbocycles. The van der Waals surface area contributed by atoms with Gasteiger partial charge in [-0.3, -0.25) is 10.1 Å². The van der Waals surface area contributed by atoms with Gasteiger partial charge in [0.1, 0.15) is 0 Å². The predicted octanol–water partition coefficient (Wildman–Crippen LogP) is 1.29. The van der Waals surface area contributed by atoms with Crippen molar-refractivity contribution in [2.24, 2.45) is 5.73 Å². The highest BCUT2D eigenvalue weighted by atomic mass is 35.5. The average Bonchev–Trinajstić information content (AvgIpc) is 2.36. The molecule has 0 saturated heterocycles. The van der Waals surface area contributed by atoms with Crippen LogP contribution in [0.1, 0.15) is 12.5 Å². The van der Waals surface area contributed by atoms with Crippen molar-refractivity contribution in [1.82, 2.24) is 4.31 Å². The van der Waals surface area contributed by atoms with Gasteiger partial charge in [0.2, 0.25) is 10.0 Å². The summed E-state index contributed by atoms with van der Waals surface area (Å²) in [5.74, 6) is 0. The Morgan fingerprint density at radius 1 is 1.45 bits per heavy atom. The molecule has 0 spiro atoms. The van der Waals surface area contributed by atoms with Crippen LogP contribution in [0, 0.1) is 17.0 Å². The smallest absolute Gasteiger partial charge is 0.272 e. The molecule has 0 aliphatic heterocycles. The molecule has 0 aromatic heterocycles. The van der Waals surface area contributed by atoms with Crippen molar-refractivity contribution in [1.29, 1.82) is 0 Å². The molecule has 0 bridgehead atoms. The standard InChI is InChI=1S/C11H17N3O4S.ClH/c1-8-6-10(4-5-11(8)14(15)16)19(17,18)13(3)9(2)7-12;/h4-6,9H,7,12H2,1-3H3;1H. The summed E-state index contributed by atoms with van der Waals surface area (Å²) in [7, 11) is -2.25. The Kier molecular flexibility index (Phi) is 6.55. The minimum absolute atomic E-state index is 0. The SMILES string of the molecule is Cc1cc(S(=O)(=O)N(C)C(C)CN)ccc1[N+](=O)[O-].Cl. The van der Waals surface area contributed by atoms with E-state index in [0.29, 0.717) is 5.56 Å². The van der Waals surface area contributed by atoms with Crippen LogP contribution in [-0.4, -0.2) is 37.3 Å². The highest BCUT2D eigenvalue weighted by molar-refractivity contribution is 7.89. The van der Waals surface area contributed by atoms with E-state index in [1.165, 1.54) is 32.2 Å². The fourth-order valence-corrected chi connectivity index (χ4v) is 3.00. The third-order valence-corrected chi connectivity index (χ3v) is 4.97. The van der Waals surface area contributed by atoms with Crippen LogP contribution >= 0.6 is 12.4 Å². The molecule has 114 valence electrons. The molecule has 1 unspecified atom stereocenters. The number of nitrogens with two attached hydrogens (primary N) is 1. The molecule has 1 atom stereocenters. The molecule has 7 nitrogen and oxygen atoms in total. The fourth-order valence-electron chi connectivity index (χ4n) is 1.54. The summed E-state index contributed by atoms with van der Waals surface area (Å²) >= 11 is 0. The van der Waals surface area contributed by atoms with Crippen molar-refractivity contribution in [2.45, 2.75) is 24.8 Å². The van der Waals surface area contributed by atoms with E-state index >= 15 is 0 Å². The summed E-state index contributed by atoms with van der Waals surface area (Å²) in [5.41, 5.74) is 5.65. The molecule has 9 heteroatoms. The normalized spacial score (nSPS) is 12.8. The molecule has 0 amide bonds. The van der Waals surface area contributed by atoms with E-state index in [2.05, 4.69) is 0 Å². The van der Waals surface area contributed by atoms with Gasteiger partial charge >= 0.3 is 0 Å². The number of aryl methyl sites for hydroxylation is 1. The van der Waals surface area contributed by atoms with Crippen LogP contribution in [-0.2, 0) is 10.0 Å². The maximum absolute atomic E-state index is 12.3. The minimum atomic E-state index is -3.68. The number of sulfonamides is 1.